The smallest absolute Gasteiger partial charge is 0.331 e. The van der Waals surface area contributed by atoms with E-state index in [4.69, 9.17) is 4.84 Å². The first-order valence-corrected chi connectivity index (χ1v) is 6.63. The van der Waals surface area contributed by atoms with E-state index < -0.39 is 5.97 Å². The van der Waals surface area contributed by atoms with Crippen LogP contribution in [-0.2, 0) is 11.2 Å². The zero-order valence-corrected chi connectivity index (χ0v) is 11.8. The van der Waals surface area contributed by atoms with Crippen LogP contribution in [0.3, 0.4) is 0 Å². The Kier molecular flexibility index (Phi) is 3.69. The Morgan fingerprint density at radius 1 is 1.32 bits per heavy atom. The zero-order chi connectivity index (χ0) is 15.5. The van der Waals surface area contributed by atoms with Crippen LogP contribution >= 0.6 is 0 Å². The second kappa shape index (κ2) is 5.80. The Morgan fingerprint density at radius 2 is 2.09 bits per heavy atom. The SMILES string of the molecule is CC(=O)On1nc(-c2c[nH]cn2)cc1Cc1ccc(F)cc1. The number of nitrogens with zero attached hydrogens (tertiary/aromatic N) is 3. The molecule has 0 aliphatic carbocycles. The number of carbonyl (C=O) groups excluding carboxylic acids is 1. The van der Waals surface area contributed by atoms with Crippen molar-refractivity contribution in [3.05, 3.63) is 59.9 Å². The minimum atomic E-state index is -0.475. The number of aromatic amines is 1. The summed E-state index contributed by atoms with van der Waals surface area (Å²) < 4.78 is 13.0. The first-order chi connectivity index (χ1) is 10.6. The molecule has 0 amide bonds. The molecule has 2 aromatic heterocycles. The molecular weight excluding hydrogens is 287 g/mol. The van der Waals surface area contributed by atoms with Gasteiger partial charge in [0.1, 0.15) is 17.2 Å². The number of hydrogen-bond acceptors (Lipinski definition) is 4. The molecular formula is C15H13FN4O2. The maximum Gasteiger partial charge on any atom is 0.331 e. The summed E-state index contributed by atoms with van der Waals surface area (Å²) in [6, 6.07) is 7.90. The minimum absolute atomic E-state index is 0.297. The molecule has 0 fully saturated rings. The summed E-state index contributed by atoms with van der Waals surface area (Å²) in [6.07, 6.45) is 3.69. The van der Waals surface area contributed by atoms with Crippen molar-refractivity contribution < 1.29 is 14.0 Å². The van der Waals surface area contributed by atoms with Crippen LogP contribution in [0, 0.1) is 5.82 Å². The Morgan fingerprint density at radius 3 is 2.73 bits per heavy atom. The molecule has 0 unspecified atom stereocenters. The molecule has 7 heteroatoms. The fraction of sp³-hybridized carbons (Fsp3) is 0.133. The number of rotatable bonds is 4. The van der Waals surface area contributed by atoms with E-state index >= 15 is 0 Å². The summed E-state index contributed by atoms with van der Waals surface area (Å²) in [5, 5.41) is 4.22. The van der Waals surface area contributed by atoms with Crippen LogP contribution in [0.1, 0.15) is 18.2 Å². The highest BCUT2D eigenvalue weighted by atomic mass is 19.1. The molecule has 1 N–H and O–H groups in total. The van der Waals surface area contributed by atoms with E-state index in [-0.39, 0.29) is 5.82 Å². The van der Waals surface area contributed by atoms with Gasteiger partial charge in [-0.25, -0.2) is 14.2 Å². The van der Waals surface area contributed by atoms with Crippen molar-refractivity contribution in [3.8, 4) is 11.4 Å². The average molecular weight is 300 g/mol. The molecule has 0 aliphatic heterocycles. The van der Waals surface area contributed by atoms with Gasteiger partial charge in [-0.15, -0.1) is 5.10 Å². The zero-order valence-electron chi connectivity index (χ0n) is 11.8. The van der Waals surface area contributed by atoms with Gasteiger partial charge in [-0.05, 0) is 23.8 Å². The van der Waals surface area contributed by atoms with Crippen LogP contribution in [-0.4, -0.2) is 25.9 Å². The standard InChI is InChI=1S/C15H13FN4O2/c1-10(21)22-20-13(6-11-2-4-12(16)5-3-11)7-14(19-20)15-8-17-9-18-15/h2-5,7-9H,6H2,1H3,(H,17,18). The van der Waals surface area contributed by atoms with Crippen molar-refractivity contribution in [1.29, 1.82) is 0 Å². The maximum atomic E-state index is 13.0. The quantitative estimate of drug-likeness (QED) is 0.799. The minimum Gasteiger partial charge on any atom is -0.351 e. The molecule has 112 valence electrons. The Bertz CT molecular complexity index is 778. The third-order valence-corrected chi connectivity index (χ3v) is 3.02. The molecule has 0 bridgehead atoms. The van der Waals surface area contributed by atoms with E-state index in [1.807, 2.05) is 0 Å². The lowest BCUT2D eigenvalue weighted by atomic mass is 10.1. The van der Waals surface area contributed by atoms with Gasteiger partial charge in [0, 0.05) is 19.5 Å². The Balaban J connectivity index is 1.93. The Labute approximate surface area is 125 Å². The van der Waals surface area contributed by atoms with Gasteiger partial charge >= 0.3 is 5.97 Å². The van der Waals surface area contributed by atoms with Crippen molar-refractivity contribution >= 4 is 5.97 Å². The van der Waals surface area contributed by atoms with E-state index in [9.17, 15) is 9.18 Å². The van der Waals surface area contributed by atoms with Gasteiger partial charge in [0.05, 0.1) is 12.0 Å². The predicted octanol–water partition coefficient (Wildman–Crippen LogP) is 1.98. The summed E-state index contributed by atoms with van der Waals surface area (Å²) in [4.78, 5) is 24.4. The molecule has 0 radical (unpaired) electrons. The highest BCUT2D eigenvalue weighted by Crippen LogP contribution is 2.18. The number of hydrogen-bond donors (Lipinski definition) is 1. The van der Waals surface area contributed by atoms with Crippen LogP contribution < -0.4 is 4.84 Å². The van der Waals surface area contributed by atoms with E-state index in [1.165, 1.54) is 23.9 Å². The van der Waals surface area contributed by atoms with Gasteiger partial charge in [-0.1, -0.05) is 17.0 Å². The Hall–Kier alpha value is -2.96. The van der Waals surface area contributed by atoms with Crippen molar-refractivity contribution in [2.24, 2.45) is 0 Å². The summed E-state index contributed by atoms with van der Waals surface area (Å²) in [5.41, 5.74) is 2.77. The van der Waals surface area contributed by atoms with Gasteiger partial charge < -0.3 is 9.82 Å². The molecule has 3 aromatic rings. The summed E-state index contributed by atoms with van der Waals surface area (Å²) in [5.74, 6) is -0.772. The number of nitrogens with one attached hydrogen (secondary N) is 1. The third-order valence-electron chi connectivity index (χ3n) is 3.02. The molecule has 3 rings (SSSR count). The van der Waals surface area contributed by atoms with Crippen molar-refractivity contribution in [3.63, 3.8) is 0 Å². The van der Waals surface area contributed by atoms with Crippen LogP contribution in [0.5, 0.6) is 0 Å². The second-order valence-corrected chi connectivity index (χ2v) is 4.73. The number of benzene rings is 1. The number of halogens is 1. The maximum absolute atomic E-state index is 13.0. The number of H-pyrrole nitrogens is 1. The second-order valence-electron chi connectivity index (χ2n) is 4.73. The highest BCUT2D eigenvalue weighted by Gasteiger charge is 2.14. The third kappa shape index (κ3) is 3.03. The molecule has 0 saturated carbocycles. The molecule has 2 heterocycles. The van der Waals surface area contributed by atoms with Gasteiger partial charge in [0.2, 0.25) is 0 Å². The van der Waals surface area contributed by atoms with E-state index in [2.05, 4.69) is 15.1 Å². The summed E-state index contributed by atoms with van der Waals surface area (Å²) in [6.45, 7) is 1.30. The highest BCUT2D eigenvalue weighted by molar-refractivity contribution is 5.66. The van der Waals surface area contributed by atoms with Gasteiger partial charge in [0.15, 0.2) is 0 Å². The summed E-state index contributed by atoms with van der Waals surface area (Å²) in [7, 11) is 0. The molecule has 0 aliphatic rings. The molecule has 1 aromatic carbocycles. The van der Waals surface area contributed by atoms with Gasteiger partial charge in [-0.3, -0.25) is 0 Å². The van der Waals surface area contributed by atoms with Gasteiger partial charge in [0.25, 0.3) is 0 Å². The molecule has 6 nitrogen and oxygen atoms in total. The molecule has 0 atom stereocenters. The van der Waals surface area contributed by atoms with Crippen LogP contribution in [0.4, 0.5) is 4.39 Å². The average Bonchev–Trinajstić information content (AvgIpc) is 3.11. The number of imidazole rings is 1. The first kappa shape index (κ1) is 14.0. The monoisotopic (exact) mass is 300 g/mol. The molecule has 0 saturated heterocycles. The van der Waals surface area contributed by atoms with E-state index in [0.29, 0.717) is 23.5 Å². The molecule has 0 spiro atoms. The lowest BCUT2D eigenvalue weighted by molar-refractivity contribution is -0.143. The van der Waals surface area contributed by atoms with Crippen molar-refractivity contribution in [2.75, 3.05) is 0 Å². The van der Waals surface area contributed by atoms with Crippen molar-refractivity contribution in [2.45, 2.75) is 13.3 Å². The topological polar surface area (TPSA) is 72.8 Å². The van der Waals surface area contributed by atoms with Crippen molar-refractivity contribution in [1.82, 2.24) is 19.9 Å². The largest absolute Gasteiger partial charge is 0.351 e. The number of carbonyl (C=O) groups is 1. The summed E-state index contributed by atoms with van der Waals surface area (Å²) >= 11 is 0. The normalized spacial score (nSPS) is 10.6. The van der Waals surface area contributed by atoms with E-state index in [1.54, 1.807) is 30.7 Å². The van der Waals surface area contributed by atoms with E-state index in [0.717, 1.165) is 5.56 Å². The van der Waals surface area contributed by atoms with Gasteiger partial charge in [-0.2, -0.15) is 0 Å². The fourth-order valence-corrected chi connectivity index (χ4v) is 2.06. The van der Waals surface area contributed by atoms with Crippen LogP contribution in [0.15, 0.2) is 42.9 Å². The lowest BCUT2D eigenvalue weighted by Gasteiger charge is -2.05. The molecule has 22 heavy (non-hydrogen) atoms. The predicted molar refractivity (Wildman–Crippen MR) is 76.3 cm³/mol. The lowest BCUT2D eigenvalue weighted by Crippen LogP contribution is -2.20. The van der Waals surface area contributed by atoms with Crippen LogP contribution in [0.2, 0.25) is 0 Å². The first-order valence-electron chi connectivity index (χ1n) is 6.63. The number of aromatic nitrogens is 4. The fourth-order valence-electron chi connectivity index (χ4n) is 2.06. The van der Waals surface area contributed by atoms with Crippen LogP contribution in [0.25, 0.3) is 11.4 Å².